The Kier molecular flexibility index (Phi) is 11.7. The highest BCUT2D eigenvalue weighted by atomic mass is 32.2. The predicted octanol–water partition coefficient (Wildman–Crippen LogP) is 5.99. The van der Waals surface area contributed by atoms with Gasteiger partial charge in [0.1, 0.15) is 24.1 Å². The number of hydrogen-bond donors (Lipinski definition) is 1. The van der Waals surface area contributed by atoms with Crippen molar-refractivity contribution in [2.75, 3.05) is 25.1 Å². The number of ether oxygens (including phenoxy) is 2. The van der Waals surface area contributed by atoms with Gasteiger partial charge in [0.05, 0.1) is 24.8 Å². The number of methoxy groups -OCH3 is 2. The van der Waals surface area contributed by atoms with Gasteiger partial charge in [0.15, 0.2) is 0 Å². The van der Waals surface area contributed by atoms with Gasteiger partial charge in [-0.05, 0) is 72.5 Å². The van der Waals surface area contributed by atoms with Gasteiger partial charge < -0.3 is 19.7 Å². The molecule has 0 aliphatic heterocycles. The fourth-order valence-corrected chi connectivity index (χ4v) is 7.48. The van der Waals surface area contributed by atoms with E-state index < -0.39 is 28.5 Å². The number of hydrogen-bond acceptors (Lipinski definition) is 6. The van der Waals surface area contributed by atoms with Gasteiger partial charge >= 0.3 is 0 Å². The number of nitrogens with one attached hydrogen (secondary N) is 1. The maximum atomic E-state index is 14.7. The average Bonchev–Trinajstić information content (AvgIpc) is 3.13. The van der Waals surface area contributed by atoms with Gasteiger partial charge in [0, 0.05) is 19.0 Å². The molecular weight excluding hydrogens is 627 g/mol. The Morgan fingerprint density at radius 1 is 0.771 bits per heavy atom. The number of sulfonamides is 1. The van der Waals surface area contributed by atoms with Crippen LogP contribution in [0, 0.1) is 0 Å². The van der Waals surface area contributed by atoms with Crippen molar-refractivity contribution in [3.63, 3.8) is 0 Å². The van der Waals surface area contributed by atoms with Crippen LogP contribution in [0.2, 0.25) is 0 Å². The Bertz CT molecular complexity index is 1740. The molecule has 0 radical (unpaired) electrons. The topological polar surface area (TPSA) is 105 Å². The van der Waals surface area contributed by atoms with Crippen LogP contribution < -0.4 is 19.1 Å². The first kappa shape index (κ1) is 34.5. The number of anilines is 1. The number of amides is 2. The van der Waals surface area contributed by atoms with Gasteiger partial charge in [-0.1, -0.05) is 79.9 Å². The third kappa shape index (κ3) is 8.74. The highest BCUT2D eigenvalue weighted by molar-refractivity contribution is 7.92. The van der Waals surface area contributed by atoms with Crippen LogP contribution >= 0.6 is 0 Å². The SMILES string of the molecule is COc1ccc(S(=O)(=O)N(CC(=O)N(Cc2cccc(OC)c2)C(Cc2ccccc2)C(=O)NC2CCCCC2)c2ccccc2)cc1. The normalized spacial score (nSPS) is 14.0. The minimum absolute atomic E-state index is 0.00942. The summed E-state index contributed by atoms with van der Waals surface area (Å²) in [5.41, 5.74) is 1.96. The van der Waals surface area contributed by atoms with E-state index in [1.807, 2.05) is 54.6 Å². The monoisotopic (exact) mass is 669 g/mol. The van der Waals surface area contributed by atoms with E-state index in [4.69, 9.17) is 9.47 Å². The summed E-state index contributed by atoms with van der Waals surface area (Å²) in [5, 5.41) is 3.23. The van der Waals surface area contributed by atoms with Gasteiger partial charge in [0.2, 0.25) is 11.8 Å². The van der Waals surface area contributed by atoms with Crippen LogP contribution in [0.25, 0.3) is 0 Å². The highest BCUT2D eigenvalue weighted by Crippen LogP contribution is 2.27. The van der Waals surface area contributed by atoms with E-state index in [9.17, 15) is 18.0 Å². The average molecular weight is 670 g/mol. The Hall–Kier alpha value is -4.83. The van der Waals surface area contributed by atoms with Crippen LogP contribution in [0.15, 0.2) is 114 Å². The van der Waals surface area contributed by atoms with Crippen LogP contribution in [0.4, 0.5) is 5.69 Å². The van der Waals surface area contributed by atoms with Crippen molar-refractivity contribution in [3.05, 3.63) is 120 Å². The first-order valence-corrected chi connectivity index (χ1v) is 17.7. The summed E-state index contributed by atoms with van der Waals surface area (Å²) < 4.78 is 40.2. The van der Waals surface area contributed by atoms with Crippen molar-refractivity contribution in [2.24, 2.45) is 0 Å². The van der Waals surface area contributed by atoms with E-state index in [0.717, 1.165) is 47.5 Å². The molecule has 1 saturated carbocycles. The third-order valence-electron chi connectivity index (χ3n) is 8.68. The fourth-order valence-electron chi connectivity index (χ4n) is 6.06. The summed E-state index contributed by atoms with van der Waals surface area (Å²) in [6.07, 6.45) is 5.24. The van der Waals surface area contributed by atoms with Crippen molar-refractivity contribution in [1.82, 2.24) is 10.2 Å². The van der Waals surface area contributed by atoms with Crippen LogP contribution in [0.5, 0.6) is 11.5 Å². The van der Waals surface area contributed by atoms with Crippen molar-refractivity contribution in [2.45, 2.75) is 62.0 Å². The Balaban J connectivity index is 1.55. The van der Waals surface area contributed by atoms with Crippen LogP contribution in [-0.2, 0) is 32.6 Å². The van der Waals surface area contributed by atoms with Gasteiger partial charge in [-0.2, -0.15) is 0 Å². The van der Waals surface area contributed by atoms with Gasteiger partial charge in [-0.3, -0.25) is 13.9 Å². The molecule has 0 heterocycles. The molecule has 4 aromatic carbocycles. The zero-order valence-electron chi connectivity index (χ0n) is 27.5. The van der Waals surface area contributed by atoms with Crippen LogP contribution in [-0.4, -0.2) is 58.0 Å². The van der Waals surface area contributed by atoms with Crippen molar-refractivity contribution < 1.29 is 27.5 Å². The molecule has 0 saturated heterocycles. The lowest BCUT2D eigenvalue weighted by molar-refractivity contribution is -0.140. The first-order valence-electron chi connectivity index (χ1n) is 16.3. The van der Waals surface area contributed by atoms with E-state index in [1.165, 1.54) is 24.1 Å². The Morgan fingerprint density at radius 2 is 1.40 bits per heavy atom. The Morgan fingerprint density at radius 3 is 2.04 bits per heavy atom. The summed E-state index contributed by atoms with van der Waals surface area (Å²) >= 11 is 0. The molecule has 0 aromatic heterocycles. The van der Waals surface area contributed by atoms with Crippen molar-refractivity contribution >= 4 is 27.5 Å². The standard InChI is InChI=1S/C38H43N3O6S/c1-46-33-21-23-35(24-22-33)48(44,45)41(32-18-10-5-11-19-32)28-37(42)40(27-30-15-12-20-34(25-30)47-2)36(26-29-13-6-3-7-14-29)38(43)39-31-16-8-4-9-17-31/h3,5-7,10-15,18-25,31,36H,4,8-9,16-17,26-28H2,1-2H3,(H,39,43). The summed E-state index contributed by atoms with van der Waals surface area (Å²) in [6.45, 7) is -0.457. The number of benzene rings is 4. The molecule has 1 aliphatic carbocycles. The molecule has 2 amide bonds. The maximum absolute atomic E-state index is 14.7. The van der Waals surface area contributed by atoms with E-state index in [1.54, 1.807) is 49.6 Å². The number of nitrogens with zero attached hydrogens (tertiary/aromatic N) is 2. The molecule has 1 aliphatic rings. The summed E-state index contributed by atoms with van der Waals surface area (Å²) in [5.74, 6) is 0.345. The predicted molar refractivity (Wildman–Crippen MR) is 186 cm³/mol. The zero-order valence-corrected chi connectivity index (χ0v) is 28.3. The van der Waals surface area contributed by atoms with E-state index in [2.05, 4.69) is 5.32 Å². The van der Waals surface area contributed by atoms with Gasteiger partial charge in [-0.25, -0.2) is 8.42 Å². The minimum atomic E-state index is -4.21. The molecule has 1 atom stereocenters. The zero-order chi connectivity index (χ0) is 33.9. The number of carbonyl (C=O) groups is 2. The Labute approximate surface area is 283 Å². The second kappa shape index (κ2) is 16.3. The number of carbonyl (C=O) groups excluding carboxylic acids is 2. The quantitative estimate of drug-likeness (QED) is 0.177. The third-order valence-corrected chi connectivity index (χ3v) is 10.5. The van der Waals surface area contributed by atoms with Crippen LogP contribution in [0.1, 0.15) is 43.2 Å². The second-order valence-electron chi connectivity index (χ2n) is 11.9. The van der Waals surface area contributed by atoms with E-state index >= 15 is 0 Å². The van der Waals surface area contributed by atoms with E-state index in [0.29, 0.717) is 17.2 Å². The first-order chi connectivity index (χ1) is 23.3. The molecule has 5 rings (SSSR count). The molecule has 48 heavy (non-hydrogen) atoms. The summed E-state index contributed by atoms with van der Waals surface area (Å²) in [4.78, 5) is 30.4. The molecule has 9 nitrogen and oxygen atoms in total. The van der Waals surface area contributed by atoms with Crippen molar-refractivity contribution in [3.8, 4) is 11.5 Å². The molecule has 252 valence electrons. The minimum Gasteiger partial charge on any atom is -0.497 e. The van der Waals surface area contributed by atoms with Gasteiger partial charge in [-0.15, -0.1) is 0 Å². The molecule has 1 unspecified atom stereocenters. The smallest absolute Gasteiger partial charge is 0.264 e. The number of para-hydroxylation sites is 1. The molecule has 0 bridgehead atoms. The molecule has 1 fully saturated rings. The lowest BCUT2D eigenvalue weighted by Gasteiger charge is -2.35. The summed E-state index contributed by atoms with van der Waals surface area (Å²) in [6, 6.07) is 30.6. The second-order valence-corrected chi connectivity index (χ2v) is 13.8. The molecule has 0 spiro atoms. The molecule has 4 aromatic rings. The highest BCUT2D eigenvalue weighted by Gasteiger charge is 2.35. The molecule has 1 N–H and O–H groups in total. The maximum Gasteiger partial charge on any atom is 0.264 e. The lowest BCUT2D eigenvalue weighted by atomic mass is 9.94. The number of rotatable bonds is 14. The van der Waals surface area contributed by atoms with Crippen LogP contribution in [0.3, 0.4) is 0 Å². The van der Waals surface area contributed by atoms with Crippen molar-refractivity contribution in [1.29, 1.82) is 0 Å². The molecule has 10 heteroatoms. The summed E-state index contributed by atoms with van der Waals surface area (Å²) in [7, 11) is -1.13. The largest absolute Gasteiger partial charge is 0.497 e. The molecular formula is C38H43N3O6S. The van der Waals surface area contributed by atoms with E-state index in [-0.39, 0.29) is 29.8 Å². The lowest BCUT2D eigenvalue weighted by Crippen LogP contribution is -2.55. The fraction of sp³-hybridized carbons (Fsp3) is 0.316. The van der Waals surface area contributed by atoms with Gasteiger partial charge in [0.25, 0.3) is 10.0 Å².